The maximum Gasteiger partial charge on any atom is 0.229 e. The highest BCUT2D eigenvalue weighted by atomic mass is 16.2. The van der Waals surface area contributed by atoms with Crippen LogP contribution >= 0.6 is 0 Å². The number of rotatable bonds is 3. The smallest absolute Gasteiger partial charge is 0.229 e. The average Bonchev–Trinajstić information content (AvgIpc) is 3.18. The Morgan fingerprint density at radius 1 is 1.10 bits per heavy atom. The Morgan fingerprint density at radius 2 is 1.76 bits per heavy atom. The molecule has 1 aromatic rings. The van der Waals surface area contributed by atoms with Crippen LogP contribution in [0.25, 0.3) is 0 Å². The standard InChI is InChI=1S/C17H23N3O/c21-17(18-15-8-14(19-20-15)11-1-2-11)16-12-4-9-3-10(6-12)7-13(16)5-9/h8-13,16H,1-7H2,(H2,18,19,20,21). The topological polar surface area (TPSA) is 57.8 Å². The third kappa shape index (κ3) is 2.02. The molecular formula is C17H23N3O. The predicted octanol–water partition coefficient (Wildman–Crippen LogP) is 3.30. The number of H-pyrrole nitrogens is 1. The number of aromatic nitrogens is 2. The minimum atomic E-state index is 0.234. The van der Waals surface area contributed by atoms with Gasteiger partial charge in [0, 0.05) is 23.6 Å². The zero-order valence-corrected chi connectivity index (χ0v) is 12.3. The second-order valence-electron chi connectivity index (χ2n) is 7.93. The molecule has 0 radical (unpaired) electrons. The summed E-state index contributed by atoms with van der Waals surface area (Å²) in [6, 6.07) is 2.03. The molecule has 0 saturated heterocycles. The fraction of sp³-hybridized carbons (Fsp3) is 0.765. The molecule has 1 heterocycles. The number of nitrogens with one attached hydrogen (secondary N) is 2. The first kappa shape index (κ1) is 12.2. The van der Waals surface area contributed by atoms with Crippen LogP contribution in [0, 0.1) is 29.6 Å². The van der Waals surface area contributed by atoms with E-state index in [0.717, 1.165) is 17.7 Å². The van der Waals surface area contributed by atoms with Crippen LogP contribution in [0.3, 0.4) is 0 Å². The summed E-state index contributed by atoms with van der Waals surface area (Å²) in [5, 5.41) is 10.4. The Hall–Kier alpha value is -1.32. The minimum absolute atomic E-state index is 0.234. The first-order valence-electron chi connectivity index (χ1n) is 8.62. The van der Waals surface area contributed by atoms with E-state index in [4.69, 9.17) is 0 Å². The number of hydrogen-bond donors (Lipinski definition) is 2. The Bertz CT molecular complexity index is 546. The first-order chi connectivity index (χ1) is 10.3. The third-order valence-electron chi connectivity index (χ3n) is 6.40. The highest BCUT2D eigenvalue weighted by Gasteiger charge is 2.50. The van der Waals surface area contributed by atoms with Gasteiger partial charge in [-0.2, -0.15) is 5.10 Å². The number of aromatic amines is 1. The number of carbonyl (C=O) groups is 1. The lowest BCUT2D eigenvalue weighted by Gasteiger charge is -2.53. The van der Waals surface area contributed by atoms with Gasteiger partial charge in [0.2, 0.25) is 5.91 Å². The van der Waals surface area contributed by atoms with Gasteiger partial charge in [-0.05, 0) is 68.6 Å². The molecule has 4 bridgehead atoms. The molecule has 0 aliphatic heterocycles. The molecule has 0 atom stereocenters. The van der Waals surface area contributed by atoms with Crippen molar-refractivity contribution >= 4 is 11.7 Å². The molecule has 4 nitrogen and oxygen atoms in total. The Morgan fingerprint density at radius 3 is 2.38 bits per heavy atom. The second-order valence-corrected chi connectivity index (χ2v) is 7.93. The molecule has 0 aromatic carbocycles. The van der Waals surface area contributed by atoms with Gasteiger partial charge in [0.15, 0.2) is 5.82 Å². The zero-order chi connectivity index (χ0) is 14.0. The van der Waals surface area contributed by atoms with Gasteiger partial charge < -0.3 is 5.32 Å². The quantitative estimate of drug-likeness (QED) is 0.895. The van der Waals surface area contributed by atoms with E-state index in [1.54, 1.807) is 0 Å². The van der Waals surface area contributed by atoms with Crippen LogP contribution in [0.15, 0.2) is 6.07 Å². The third-order valence-corrected chi connectivity index (χ3v) is 6.40. The maximum absolute atomic E-state index is 12.7. The molecule has 5 saturated carbocycles. The van der Waals surface area contributed by atoms with E-state index < -0.39 is 0 Å². The highest BCUT2D eigenvalue weighted by molar-refractivity contribution is 5.92. The number of amides is 1. The van der Waals surface area contributed by atoms with Crippen molar-refractivity contribution in [2.24, 2.45) is 29.6 Å². The van der Waals surface area contributed by atoms with Gasteiger partial charge in [0.25, 0.3) is 0 Å². The predicted molar refractivity (Wildman–Crippen MR) is 79.7 cm³/mol. The highest BCUT2D eigenvalue weighted by Crippen LogP contribution is 2.56. The van der Waals surface area contributed by atoms with E-state index in [0.29, 0.717) is 17.8 Å². The average molecular weight is 285 g/mol. The molecule has 1 amide bonds. The fourth-order valence-corrected chi connectivity index (χ4v) is 5.57. The number of nitrogens with zero attached hydrogens (tertiary/aromatic N) is 1. The van der Waals surface area contributed by atoms with E-state index in [-0.39, 0.29) is 11.8 Å². The fourth-order valence-electron chi connectivity index (χ4n) is 5.57. The Balaban J connectivity index is 1.31. The van der Waals surface area contributed by atoms with E-state index in [1.165, 1.54) is 50.6 Å². The van der Waals surface area contributed by atoms with E-state index in [2.05, 4.69) is 15.5 Å². The van der Waals surface area contributed by atoms with Crippen molar-refractivity contribution in [3.8, 4) is 0 Å². The Kier molecular flexibility index (Phi) is 2.53. The number of carbonyl (C=O) groups excluding carboxylic acids is 1. The van der Waals surface area contributed by atoms with Gasteiger partial charge in [-0.25, -0.2) is 0 Å². The van der Waals surface area contributed by atoms with Gasteiger partial charge in [-0.1, -0.05) is 0 Å². The van der Waals surface area contributed by atoms with Gasteiger partial charge >= 0.3 is 0 Å². The molecule has 0 unspecified atom stereocenters. The molecule has 2 N–H and O–H groups in total. The largest absolute Gasteiger partial charge is 0.309 e. The summed E-state index contributed by atoms with van der Waals surface area (Å²) in [7, 11) is 0. The lowest BCUT2D eigenvalue weighted by molar-refractivity contribution is -0.132. The first-order valence-corrected chi connectivity index (χ1v) is 8.62. The van der Waals surface area contributed by atoms with Crippen molar-refractivity contribution in [3.63, 3.8) is 0 Å². The lowest BCUT2D eigenvalue weighted by atomic mass is 9.51. The van der Waals surface area contributed by atoms with Gasteiger partial charge in [0.05, 0.1) is 0 Å². The van der Waals surface area contributed by atoms with Crippen molar-refractivity contribution < 1.29 is 4.79 Å². The SMILES string of the molecule is O=C(Nc1cc(C2CC2)[nH]n1)C1C2CC3CC(C2)CC1C3. The molecule has 5 aliphatic rings. The summed E-state index contributed by atoms with van der Waals surface area (Å²) < 4.78 is 0. The molecule has 0 spiro atoms. The number of hydrogen-bond acceptors (Lipinski definition) is 2. The minimum Gasteiger partial charge on any atom is -0.309 e. The molecule has 5 aliphatic carbocycles. The zero-order valence-electron chi connectivity index (χ0n) is 12.3. The van der Waals surface area contributed by atoms with Crippen molar-refractivity contribution in [3.05, 3.63) is 11.8 Å². The van der Waals surface area contributed by atoms with Crippen molar-refractivity contribution in [2.75, 3.05) is 5.32 Å². The van der Waals surface area contributed by atoms with Gasteiger partial charge in [0.1, 0.15) is 0 Å². The van der Waals surface area contributed by atoms with Crippen LogP contribution in [-0.2, 0) is 4.79 Å². The summed E-state index contributed by atoms with van der Waals surface area (Å²) in [4.78, 5) is 12.7. The van der Waals surface area contributed by atoms with Crippen LogP contribution in [0.5, 0.6) is 0 Å². The van der Waals surface area contributed by atoms with Crippen LogP contribution in [0.4, 0.5) is 5.82 Å². The summed E-state index contributed by atoms with van der Waals surface area (Å²) in [5.41, 5.74) is 1.19. The molecular weight excluding hydrogens is 262 g/mol. The van der Waals surface area contributed by atoms with Crippen molar-refractivity contribution in [1.82, 2.24) is 10.2 Å². The van der Waals surface area contributed by atoms with Crippen LogP contribution < -0.4 is 5.32 Å². The van der Waals surface area contributed by atoms with Gasteiger partial charge in [-0.15, -0.1) is 0 Å². The van der Waals surface area contributed by atoms with Gasteiger partial charge in [-0.3, -0.25) is 9.89 Å². The summed E-state index contributed by atoms with van der Waals surface area (Å²) >= 11 is 0. The maximum atomic E-state index is 12.7. The van der Waals surface area contributed by atoms with Crippen molar-refractivity contribution in [1.29, 1.82) is 0 Å². The second kappa shape index (κ2) is 4.34. The van der Waals surface area contributed by atoms with Crippen LogP contribution in [0.1, 0.15) is 56.6 Å². The van der Waals surface area contributed by atoms with Crippen LogP contribution in [0.2, 0.25) is 0 Å². The number of anilines is 1. The molecule has 21 heavy (non-hydrogen) atoms. The van der Waals surface area contributed by atoms with E-state index >= 15 is 0 Å². The summed E-state index contributed by atoms with van der Waals surface area (Å²) in [6.45, 7) is 0. The van der Waals surface area contributed by atoms with Crippen molar-refractivity contribution in [2.45, 2.75) is 50.9 Å². The molecule has 4 heteroatoms. The monoisotopic (exact) mass is 285 g/mol. The summed E-state index contributed by atoms with van der Waals surface area (Å²) in [6.07, 6.45) is 9.11. The molecule has 6 rings (SSSR count). The van der Waals surface area contributed by atoms with Crippen LogP contribution in [-0.4, -0.2) is 16.1 Å². The Labute approximate surface area is 125 Å². The molecule has 5 fully saturated rings. The normalized spacial score (nSPS) is 40.5. The molecule has 1 aromatic heterocycles. The lowest BCUT2D eigenvalue weighted by Crippen LogP contribution is -2.49. The van der Waals surface area contributed by atoms with E-state index in [1.807, 2.05) is 6.07 Å². The van der Waals surface area contributed by atoms with E-state index in [9.17, 15) is 4.79 Å². The summed E-state index contributed by atoms with van der Waals surface area (Å²) in [5.74, 6) is 4.99. The molecule has 112 valence electrons.